The van der Waals surface area contributed by atoms with Gasteiger partial charge < -0.3 is 64.2 Å². The minimum absolute atomic E-state index is 0.123. The topological polar surface area (TPSA) is 197 Å². The molecular weight excluding hydrogens is 544 g/mol. The van der Waals surface area contributed by atoms with Crippen molar-refractivity contribution in [3.63, 3.8) is 0 Å². The number of hydrogen-bond donors (Lipinski definition) is 7. The second kappa shape index (κ2) is 12.9. The van der Waals surface area contributed by atoms with Gasteiger partial charge in [0.1, 0.15) is 24.4 Å². The highest BCUT2D eigenvalue weighted by molar-refractivity contribution is 5.64. The molecular formula is C28H38O13. The minimum Gasteiger partial charge on any atom is -0.502 e. The molecule has 1 aliphatic heterocycles. The molecule has 8 atom stereocenters. The summed E-state index contributed by atoms with van der Waals surface area (Å²) < 4.78 is 33.3. The quantitative estimate of drug-likeness (QED) is 0.196. The van der Waals surface area contributed by atoms with E-state index in [0.29, 0.717) is 17.5 Å². The zero-order chi connectivity index (χ0) is 30.0. The summed E-state index contributed by atoms with van der Waals surface area (Å²) in [5.74, 6) is -1.51. The second-order valence-corrected chi connectivity index (χ2v) is 10.1. The fourth-order valence-corrected chi connectivity index (χ4v) is 5.83. The number of rotatable bonds is 10. The van der Waals surface area contributed by atoms with Gasteiger partial charge in [0.2, 0.25) is 11.5 Å². The van der Waals surface area contributed by atoms with Crippen molar-refractivity contribution in [1.82, 2.24) is 0 Å². The molecule has 2 aromatic carbocycles. The van der Waals surface area contributed by atoms with Crippen LogP contribution in [0.2, 0.25) is 0 Å². The molecule has 0 saturated carbocycles. The van der Waals surface area contributed by atoms with Crippen molar-refractivity contribution in [2.75, 3.05) is 48.3 Å². The van der Waals surface area contributed by atoms with Gasteiger partial charge in [-0.15, -0.1) is 0 Å². The molecule has 1 saturated heterocycles. The van der Waals surface area contributed by atoms with Gasteiger partial charge in [-0.1, -0.05) is 0 Å². The van der Waals surface area contributed by atoms with Crippen LogP contribution in [0, 0.1) is 11.8 Å². The summed E-state index contributed by atoms with van der Waals surface area (Å²) in [6, 6.07) is 4.88. The lowest BCUT2D eigenvalue weighted by Crippen LogP contribution is -2.59. The maximum atomic E-state index is 11.0. The van der Waals surface area contributed by atoms with Gasteiger partial charge in [-0.25, -0.2) is 0 Å². The van der Waals surface area contributed by atoms with Crippen LogP contribution in [0.1, 0.15) is 22.6 Å². The number of aliphatic hydroxyl groups excluding tert-OH is 5. The normalized spacial score (nSPS) is 29.5. The van der Waals surface area contributed by atoms with Crippen LogP contribution in [0.3, 0.4) is 0 Å². The third-order valence-corrected chi connectivity index (χ3v) is 7.99. The fraction of sp³-hybridized carbons (Fsp3) is 0.571. The fourth-order valence-electron chi connectivity index (χ4n) is 5.83. The Labute approximate surface area is 237 Å². The molecule has 0 aromatic heterocycles. The molecule has 0 bridgehead atoms. The van der Waals surface area contributed by atoms with E-state index in [1.165, 1.54) is 28.4 Å². The van der Waals surface area contributed by atoms with Crippen LogP contribution in [0.25, 0.3) is 0 Å². The van der Waals surface area contributed by atoms with Crippen LogP contribution >= 0.6 is 0 Å². The summed E-state index contributed by atoms with van der Waals surface area (Å²) in [5.41, 5.74) is 1.88. The lowest BCUT2D eigenvalue weighted by molar-refractivity contribution is -0.304. The average Bonchev–Trinajstić information content (AvgIpc) is 2.98. The lowest BCUT2D eigenvalue weighted by atomic mass is 9.66. The van der Waals surface area contributed by atoms with E-state index in [1.54, 1.807) is 18.2 Å². The number of phenols is 2. The number of aliphatic hydroxyl groups is 5. The summed E-state index contributed by atoms with van der Waals surface area (Å²) in [4.78, 5) is 0. The molecule has 41 heavy (non-hydrogen) atoms. The van der Waals surface area contributed by atoms with Crippen LogP contribution in [0.15, 0.2) is 18.2 Å². The molecule has 1 fully saturated rings. The third kappa shape index (κ3) is 5.58. The molecule has 2 aromatic rings. The Morgan fingerprint density at radius 1 is 0.780 bits per heavy atom. The summed E-state index contributed by atoms with van der Waals surface area (Å²) in [5, 5.41) is 72.6. The molecule has 13 nitrogen and oxygen atoms in total. The zero-order valence-electron chi connectivity index (χ0n) is 23.3. The largest absolute Gasteiger partial charge is 0.502 e. The standard InChI is InChI=1S/C28H38O13/c1-36-16-7-13(8-17(37-2)22(16)31)20-15(11-40-28-26(35)25(34)23(32)19(10-30)41-28)14(9-29)5-12-6-18(38-3)24(33)27(39-4)21(12)20/h6-8,14-15,19-20,23,25-26,28-35H,5,9-11H2,1-4H3/t14-,15+,19?,20?,23?,25?,26?,28?/m0/s1. The van der Waals surface area contributed by atoms with E-state index in [2.05, 4.69) is 0 Å². The highest BCUT2D eigenvalue weighted by atomic mass is 16.7. The van der Waals surface area contributed by atoms with Crippen LogP contribution in [0.5, 0.6) is 34.5 Å². The van der Waals surface area contributed by atoms with E-state index in [-0.39, 0.29) is 47.7 Å². The van der Waals surface area contributed by atoms with Gasteiger partial charge in [-0.05, 0) is 47.6 Å². The number of phenolic OH excluding ortho intramolecular Hbond substituents is 2. The Balaban J connectivity index is 1.85. The first-order chi connectivity index (χ1) is 19.6. The molecule has 0 spiro atoms. The molecule has 2 aliphatic rings. The van der Waals surface area contributed by atoms with Gasteiger partial charge in [0.25, 0.3) is 0 Å². The Kier molecular flexibility index (Phi) is 9.70. The molecule has 4 rings (SSSR count). The van der Waals surface area contributed by atoms with E-state index < -0.39 is 55.1 Å². The minimum atomic E-state index is -1.63. The molecule has 6 unspecified atom stereocenters. The predicted octanol–water partition coefficient (Wildman–Crippen LogP) is -0.139. The zero-order valence-corrected chi connectivity index (χ0v) is 23.3. The molecule has 1 aliphatic carbocycles. The highest BCUT2D eigenvalue weighted by Crippen LogP contribution is 2.54. The molecule has 1 heterocycles. The maximum Gasteiger partial charge on any atom is 0.201 e. The van der Waals surface area contributed by atoms with E-state index in [4.69, 9.17) is 28.4 Å². The third-order valence-electron chi connectivity index (χ3n) is 7.99. The van der Waals surface area contributed by atoms with Gasteiger partial charge in [-0.2, -0.15) is 0 Å². The van der Waals surface area contributed by atoms with Crippen molar-refractivity contribution in [1.29, 1.82) is 0 Å². The number of hydrogen-bond acceptors (Lipinski definition) is 13. The summed E-state index contributed by atoms with van der Waals surface area (Å²) in [6.07, 6.45) is -7.02. The number of ether oxygens (including phenoxy) is 6. The lowest BCUT2D eigenvalue weighted by Gasteiger charge is -2.43. The van der Waals surface area contributed by atoms with Crippen LogP contribution in [0.4, 0.5) is 0 Å². The van der Waals surface area contributed by atoms with Crippen LogP contribution in [-0.4, -0.2) is 115 Å². The smallest absolute Gasteiger partial charge is 0.201 e. The van der Waals surface area contributed by atoms with Crippen molar-refractivity contribution >= 4 is 0 Å². The predicted molar refractivity (Wildman–Crippen MR) is 142 cm³/mol. The number of fused-ring (bicyclic) bond motifs is 1. The van der Waals surface area contributed by atoms with Crippen molar-refractivity contribution in [3.8, 4) is 34.5 Å². The van der Waals surface area contributed by atoms with Gasteiger partial charge in [0, 0.05) is 18.1 Å². The van der Waals surface area contributed by atoms with E-state index in [0.717, 1.165) is 5.56 Å². The van der Waals surface area contributed by atoms with Crippen LogP contribution < -0.4 is 18.9 Å². The first-order valence-corrected chi connectivity index (χ1v) is 13.1. The SMILES string of the molecule is COc1cc(C2c3c(cc(OC)c(O)c3OC)C[C@@H](CO)[C@H]2COC2OC(CO)C(O)C(O)C2O)cc(OC)c1O. The van der Waals surface area contributed by atoms with Crippen molar-refractivity contribution in [2.24, 2.45) is 11.8 Å². The average molecular weight is 583 g/mol. The van der Waals surface area contributed by atoms with Crippen LogP contribution in [-0.2, 0) is 15.9 Å². The molecule has 228 valence electrons. The highest BCUT2D eigenvalue weighted by Gasteiger charge is 2.46. The molecule has 0 amide bonds. The van der Waals surface area contributed by atoms with Gasteiger partial charge >= 0.3 is 0 Å². The maximum absolute atomic E-state index is 11.0. The van der Waals surface area contributed by atoms with Gasteiger partial charge in [0.05, 0.1) is 41.7 Å². The Bertz CT molecular complexity index is 1180. The van der Waals surface area contributed by atoms with E-state index in [1.807, 2.05) is 0 Å². The number of methoxy groups -OCH3 is 4. The van der Waals surface area contributed by atoms with Crippen molar-refractivity contribution in [2.45, 2.75) is 43.0 Å². The van der Waals surface area contributed by atoms with Crippen molar-refractivity contribution in [3.05, 3.63) is 34.9 Å². The van der Waals surface area contributed by atoms with E-state index >= 15 is 0 Å². The first kappa shape index (κ1) is 30.9. The Morgan fingerprint density at radius 3 is 1.93 bits per heavy atom. The number of benzene rings is 2. The number of aromatic hydroxyl groups is 2. The van der Waals surface area contributed by atoms with Gasteiger partial charge in [-0.3, -0.25) is 0 Å². The summed E-state index contributed by atoms with van der Waals surface area (Å²) in [7, 11) is 5.60. The summed E-state index contributed by atoms with van der Waals surface area (Å²) in [6.45, 7) is -1.02. The van der Waals surface area contributed by atoms with Crippen molar-refractivity contribution < 1.29 is 64.2 Å². The second-order valence-electron chi connectivity index (χ2n) is 10.1. The summed E-state index contributed by atoms with van der Waals surface area (Å²) >= 11 is 0. The van der Waals surface area contributed by atoms with Gasteiger partial charge in [0.15, 0.2) is 29.3 Å². The van der Waals surface area contributed by atoms with E-state index in [9.17, 15) is 35.7 Å². The Morgan fingerprint density at radius 2 is 1.39 bits per heavy atom. The Hall–Kier alpha value is -3.04. The molecule has 0 radical (unpaired) electrons. The first-order valence-electron chi connectivity index (χ1n) is 13.1. The molecule has 13 heteroatoms. The molecule has 7 N–H and O–H groups in total. The monoisotopic (exact) mass is 582 g/mol.